The Labute approximate surface area is 115 Å². The van der Waals surface area contributed by atoms with E-state index in [-0.39, 0.29) is 11.2 Å². The first-order chi connectivity index (χ1) is 8.85. The minimum atomic E-state index is -0.319. The molecule has 3 nitrogen and oxygen atoms in total. The number of ketones is 1. The summed E-state index contributed by atoms with van der Waals surface area (Å²) in [6, 6.07) is 7.88. The lowest BCUT2D eigenvalue weighted by Crippen LogP contribution is -2.10. The Balaban J connectivity index is 2.59. The van der Waals surface area contributed by atoms with E-state index in [9.17, 15) is 4.79 Å². The van der Waals surface area contributed by atoms with Crippen molar-refractivity contribution in [2.24, 2.45) is 5.41 Å². The standard InChI is InChI=1S/C16H21NO2/c1-12-6-7-15(14(10-12)13(2)18)19-9-5-8-16(3,4)11-17/h6-7,10H,5,8-9H2,1-4H3. The van der Waals surface area contributed by atoms with Crippen LogP contribution in [0, 0.1) is 23.7 Å². The zero-order valence-corrected chi connectivity index (χ0v) is 12.1. The molecule has 0 amide bonds. The molecule has 0 aliphatic carbocycles. The van der Waals surface area contributed by atoms with Crippen LogP contribution in [-0.2, 0) is 0 Å². The Morgan fingerprint density at radius 1 is 1.42 bits per heavy atom. The van der Waals surface area contributed by atoms with Gasteiger partial charge in [0.05, 0.1) is 23.7 Å². The molecule has 0 heterocycles. The Bertz CT molecular complexity index is 498. The molecule has 0 N–H and O–H groups in total. The molecule has 0 aliphatic heterocycles. The summed E-state index contributed by atoms with van der Waals surface area (Å²) in [6.07, 6.45) is 1.58. The number of carbonyl (C=O) groups is 1. The second-order valence-corrected chi connectivity index (χ2v) is 5.50. The van der Waals surface area contributed by atoms with Gasteiger partial charge in [-0.1, -0.05) is 11.6 Å². The van der Waals surface area contributed by atoms with Crippen LogP contribution < -0.4 is 4.74 Å². The molecule has 0 fully saturated rings. The molecule has 0 radical (unpaired) electrons. The fourth-order valence-electron chi connectivity index (χ4n) is 1.80. The molecule has 0 bridgehead atoms. The molecule has 102 valence electrons. The first-order valence-electron chi connectivity index (χ1n) is 6.51. The first kappa shape index (κ1) is 15.2. The zero-order valence-electron chi connectivity index (χ0n) is 12.1. The van der Waals surface area contributed by atoms with E-state index in [0.29, 0.717) is 17.9 Å². The van der Waals surface area contributed by atoms with Crippen molar-refractivity contribution >= 4 is 5.78 Å². The van der Waals surface area contributed by atoms with Gasteiger partial charge in [0, 0.05) is 0 Å². The summed E-state index contributed by atoms with van der Waals surface area (Å²) in [7, 11) is 0. The van der Waals surface area contributed by atoms with E-state index in [1.54, 1.807) is 6.92 Å². The molecule has 1 aromatic carbocycles. The van der Waals surface area contributed by atoms with Crippen molar-refractivity contribution in [3.8, 4) is 11.8 Å². The molecular weight excluding hydrogens is 238 g/mol. The highest BCUT2D eigenvalue weighted by atomic mass is 16.5. The van der Waals surface area contributed by atoms with Crippen molar-refractivity contribution < 1.29 is 9.53 Å². The van der Waals surface area contributed by atoms with E-state index >= 15 is 0 Å². The van der Waals surface area contributed by atoms with E-state index in [4.69, 9.17) is 10.00 Å². The van der Waals surface area contributed by atoms with Gasteiger partial charge >= 0.3 is 0 Å². The van der Waals surface area contributed by atoms with E-state index in [1.807, 2.05) is 39.0 Å². The Morgan fingerprint density at radius 3 is 2.68 bits per heavy atom. The van der Waals surface area contributed by atoms with E-state index in [2.05, 4.69) is 6.07 Å². The van der Waals surface area contributed by atoms with Crippen LogP contribution in [0.4, 0.5) is 0 Å². The van der Waals surface area contributed by atoms with Crippen LogP contribution in [0.3, 0.4) is 0 Å². The lowest BCUT2D eigenvalue weighted by atomic mass is 9.90. The first-order valence-corrected chi connectivity index (χ1v) is 6.51. The van der Waals surface area contributed by atoms with Gasteiger partial charge in [-0.05, 0) is 52.7 Å². The van der Waals surface area contributed by atoms with Crippen molar-refractivity contribution in [2.45, 2.75) is 40.5 Å². The number of nitriles is 1. The summed E-state index contributed by atoms with van der Waals surface area (Å²) < 4.78 is 5.66. The second-order valence-electron chi connectivity index (χ2n) is 5.50. The zero-order chi connectivity index (χ0) is 14.5. The van der Waals surface area contributed by atoms with Crippen molar-refractivity contribution in [2.75, 3.05) is 6.61 Å². The van der Waals surface area contributed by atoms with Gasteiger partial charge in [-0.3, -0.25) is 4.79 Å². The van der Waals surface area contributed by atoms with Crippen LogP contribution in [0.15, 0.2) is 18.2 Å². The van der Waals surface area contributed by atoms with Crippen LogP contribution in [0.2, 0.25) is 0 Å². The number of hydrogen-bond acceptors (Lipinski definition) is 3. The van der Waals surface area contributed by atoms with Crippen LogP contribution >= 0.6 is 0 Å². The quantitative estimate of drug-likeness (QED) is 0.575. The second kappa shape index (κ2) is 6.38. The average molecular weight is 259 g/mol. The molecule has 0 saturated carbocycles. The smallest absolute Gasteiger partial charge is 0.163 e. The van der Waals surface area contributed by atoms with Crippen molar-refractivity contribution in [1.82, 2.24) is 0 Å². The lowest BCUT2D eigenvalue weighted by molar-refractivity contribution is 0.101. The molecule has 0 spiro atoms. The third kappa shape index (κ3) is 4.75. The van der Waals surface area contributed by atoms with E-state index < -0.39 is 0 Å². The number of nitrogens with zero attached hydrogens (tertiary/aromatic N) is 1. The van der Waals surface area contributed by atoms with Crippen LogP contribution in [0.1, 0.15) is 49.5 Å². The predicted octanol–water partition coefficient (Wildman–Crippen LogP) is 3.91. The SMILES string of the molecule is CC(=O)c1cc(C)ccc1OCCCC(C)(C)C#N. The maximum absolute atomic E-state index is 11.5. The highest BCUT2D eigenvalue weighted by Crippen LogP contribution is 2.23. The summed E-state index contributed by atoms with van der Waals surface area (Å²) in [6.45, 7) is 7.85. The lowest BCUT2D eigenvalue weighted by Gasteiger charge is -2.15. The topological polar surface area (TPSA) is 50.1 Å². The maximum Gasteiger partial charge on any atom is 0.163 e. The molecule has 3 heteroatoms. The summed E-state index contributed by atoms with van der Waals surface area (Å²) in [4.78, 5) is 11.5. The average Bonchev–Trinajstić information content (AvgIpc) is 2.36. The fourth-order valence-corrected chi connectivity index (χ4v) is 1.80. The highest BCUT2D eigenvalue weighted by molar-refractivity contribution is 5.97. The van der Waals surface area contributed by atoms with E-state index in [0.717, 1.165) is 18.4 Å². The summed E-state index contributed by atoms with van der Waals surface area (Å²) >= 11 is 0. The van der Waals surface area contributed by atoms with Gasteiger partial charge in [-0.15, -0.1) is 0 Å². The molecule has 19 heavy (non-hydrogen) atoms. The number of benzene rings is 1. The minimum Gasteiger partial charge on any atom is -0.493 e. The number of hydrogen-bond donors (Lipinski definition) is 0. The normalized spacial score (nSPS) is 10.9. The predicted molar refractivity (Wildman–Crippen MR) is 75.3 cm³/mol. The van der Waals surface area contributed by atoms with Gasteiger partial charge in [0.15, 0.2) is 5.78 Å². The van der Waals surface area contributed by atoms with Crippen molar-refractivity contribution in [1.29, 1.82) is 5.26 Å². The number of rotatable bonds is 6. The molecule has 0 aliphatic rings. The van der Waals surface area contributed by atoms with Crippen LogP contribution in [0.25, 0.3) is 0 Å². The van der Waals surface area contributed by atoms with Gasteiger partial charge in [-0.2, -0.15) is 5.26 Å². The van der Waals surface area contributed by atoms with Gasteiger partial charge < -0.3 is 4.74 Å². The highest BCUT2D eigenvalue weighted by Gasteiger charge is 2.16. The maximum atomic E-state index is 11.5. The molecule has 1 rings (SSSR count). The Hall–Kier alpha value is -1.82. The van der Waals surface area contributed by atoms with Gasteiger partial charge in [0.25, 0.3) is 0 Å². The summed E-state index contributed by atoms with van der Waals surface area (Å²) in [5.41, 5.74) is 1.35. The number of carbonyl (C=O) groups excluding carboxylic acids is 1. The van der Waals surface area contributed by atoms with Gasteiger partial charge in [0.2, 0.25) is 0 Å². The molecule has 0 atom stereocenters. The summed E-state index contributed by atoms with van der Waals surface area (Å²) in [5.74, 6) is 0.643. The largest absolute Gasteiger partial charge is 0.493 e. The third-order valence-electron chi connectivity index (χ3n) is 3.02. The van der Waals surface area contributed by atoms with Gasteiger partial charge in [-0.25, -0.2) is 0 Å². The Kier molecular flexibility index (Phi) is 5.11. The van der Waals surface area contributed by atoms with Crippen molar-refractivity contribution in [3.63, 3.8) is 0 Å². The molecule has 1 aromatic rings. The number of ether oxygens (including phenoxy) is 1. The van der Waals surface area contributed by atoms with Crippen molar-refractivity contribution in [3.05, 3.63) is 29.3 Å². The number of Topliss-reactive ketones (excluding diaryl/α,β-unsaturated/α-hetero) is 1. The fraction of sp³-hybridized carbons (Fsp3) is 0.500. The Morgan fingerprint density at radius 2 is 2.11 bits per heavy atom. The molecule has 0 aromatic heterocycles. The molecular formula is C16H21NO2. The molecule has 0 unspecified atom stereocenters. The third-order valence-corrected chi connectivity index (χ3v) is 3.02. The minimum absolute atomic E-state index is 0.0102. The summed E-state index contributed by atoms with van der Waals surface area (Å²) in [5, 5.41) is 8.92. The van der Waals surface area contributed by atoms with Crippen LogP contribution in [-0.4, -0.2) is 12.4 Å². The number of aryl methyl sites for hydroxylation is 1. The monoisotopic (exact) mass is 259 g/mol. The van der Waals surface area contributed by atoms with Gasteiger partial charge in [0.1, 0.15) is 5.75 Å². The van der Waals surface area contributed by atoms with E-state index in [1.165, 1.54) is 0 Å². The molecule has 0 saturated heterocycles. The van der Waals surface area contributed by atoms with Crippen LogP contribution in [0.5, 0.6) is 5.75 Å².